The number of pyridine rings is 1. The number of fused-ring (bicyclic) bond motifs is 1. The predicted molar refractivity (Wildman–Crippen MR) is 118 cm³/mol. The van der Waals surface area contributed by atoms with E-state index in [1.807, 2.05) is 19.2 Å². The van der Waals surface area contributed by atoms with Crippen molar-refractivity contribution in [1.82, 2.24) is 14.1 Å². The molecule has 0 spiro atoms. The Kier molecular flexibility index (Phi) is 5.58. The van der Waals surface area contributed by atoms with Gasteiger partial charge in [0.25, 0.3) is 11.6 Å². The van der Waals surface area contributed by atoms with Gasteiger partial charge in [-0.1, -0.05) is 0 Å². The first-order valence-corrected chi connectivity index (χ1v) is 11.3. The lowest BCUT2D eigenvalue weighted by Gasteiger charge is -2.12. The van der Waals surface area contributed by atoms with Crippen molar-refractivity contribution in [2.75, 3.05) is 20.0 Å². The van der Waals surface area contributed by atoms with Crippen LogP contribution < -0.4 is 15.0 Å². The van der Waals surface area contributed by atoms with Gasteiger partial charge in [0.05, 0.1) is 24.8 Å². The number of hydrogen-bond donors (Lipinski definition) is 0. The van der Waals surface area contributed by atoms with E-state index in [2.05, 4.69) is 23.0 Å². The second kappa shape index (κ2) is 8.14. The van der Waals surface area contributed by atoms with Gasteiger partial charge in [0, 0.05) is 31.1 Å². The van der Waals surface area contributed by atoms with E-state index < -0.39 is 0 Å². The van der Waals surface area contributed by atoms with Gasteiger partial charge in [-0.3, -0.25) is 9.36 Å². The maximum Gasteiger partial charge on any atom is 0.297 e. The lowest BCUT2D eigenvalue weighted by molar-refractivity contribution is 0.296. The van der Waals surface area contributed by atoms with Gasteiger partial charge in [-0.05, 0) is 61.3 Å². The summed E-state index contributed by atoms with van der Waals surface area (Å²) >= 11 is 1.77. The zero-order chi connectivity index (χ0) is 20.5. The van der Waals surface area contributed by atoms with Crippen LogP contribution in [0.4, 0.5) is 0 Å². The number of aryl methyl sites for hydroxylation is 1. The molecule has 1 aliphatic carbocycles. The van der Waals surface area contributed by atoms with Crippen molar-refractivity contribution < 1.29 is 9.47 Å². The second-order valence-corrected chi connectivity index (χ2v) is 8.40. The van der Waals surface area contributed by atoms with Gasteiger partial charge in [-0.2, -0.15) is 16.7 Å². The zero-order valence-electron chi connectivity index (χ0n) is 17.4. The topological polar surface area (TPSA) is 58.3 Å². The molecule has 1 saturated carbocycles. The van der Waals surface area contributed by atoms with Crippen molar-refractivity contribution in [3.05, 3.63) is 40.3 Å². The summed E-state index contributed by atoms with van der Waals surface area (Å²) in [6, 6.07) is 6.85. The van der Waals surface area contributed by atoms with Crippen molar-refractivity contribution in [3.63, 3.8) is 0 Å². The molecular formula is C22H27N3O3S. The van der Waals surface area contributed by atoms with Gasteiger partial charge in [-0.15, -0.1) is 0 Å². The van der Waals surface area contributed by atoms with Crippen LogP contribution >= 0.6 is 11.8 Å². The van der Waals surface area contributed by atoms with Crippen LogP contribution in [-0.4, -0.2) is 34.1 Å². The number of benzene rings is 1. The Labute approximate surface area is 174 Å². The molecular weight excluding hydrogens is 386 g/mol. The van der Waals surface area contributed by atoms with Crippen LogP contribution in [0.25, 0.3) is 22.2 Å². The molecule has 0 bridgehead atoms. The van der Waals surface area contributed by atoms with Gasteiger partial charge < -0.3 is 14.0 Å². The average Bonchev–Trinajstić information content (AvgIpc) is 3.47. The molecule has 154 valence electrons. The molecule has 6 nitrogen and oxygen atoms in total. The van der Waals surface area contributed by atoms with Crippen molar-refractivity contribution in [1.29, 1.82) is 0 Å². The minimum Gasteiger partial charge on any atom is -0.491 e. The lowest BCUT2D eigenvalue weighted by Crippen LogP contribution is -2.17. The molecule has 3 aromatic rings. The SMILES string of the molecule is CCOc1nc2c(CSC)cc(-c3cc(OC)c(=O)n(C)c3)cc2n1CC1CC1. The van der Waals surface area contributed by atoms with Crippen molar-refractivity contribution >= 4 is 22.8 Å². The summed E-state index contributed by atoms with van der Waals surface area (Å²) in [6.45, 7) is 3.52. The molecule has 7 heteroatoms. The molecule has 1 aromatic carbocycles. The van der Waals surface area contributed by atoms with Crippen molar-refractivity contribution in [2.24, 2.45) is 13.0 Å². The largest absolute Gasteiger partial charge is 0.491 e. The fourth-order valence-corrected chi connectivity index (χ4v) is 4.19. The average molecular weight is 414 g/mol. The molecule has 29 heavy (non-hydrogen) atoms. The minimum atomic E-state index is -0.140. The van der Waals surface area contributed by atoms with Crippen LogP contribution in [0.1, 0.15) is 25.3 Å². The zero-order valence-corrected chi connectivity index (χ0v) is 18.2. The second-order valence-electron chi connectivity index (χ2n) is 7.53. The number of ether oxygens (including phenoxy) is 2. The van der Waals surface area contributed by atoms with Gasteiger partial charge in [-0.25, -0.2) is 0 Å². The Bertz CT molecular complexity index is 1100. The van der Waals surface area contributed by atoms with Crippen molar-refractivity contribution in [3.8, 4) is 22.9 Å². The summed E-state index contributed by atoms with van der Waals surface area (Å²) in [4.78, 5) is 17.1. The lowest BCUT2D eigenvalue weighted by atomic mass is 10.0. The third-order valence-corrected chi connectivity index (χ3v) is 5.91. The fraction of sp³-hybridized carbons (Fsp3) is 0.455. The Morgan fingerprint density at radius 2 is 2.03 bits per heavy atom. The molecule has 0 atom stereocenters. The number of methoxy groups -OCH3 is 1. The predicted octanol–water partition coefficient (Wildman–Crippen LogP) is 4.08. The number of imidazole rings is 1. The summed E-state index contributed by atoms with van der Waals surface area (Å²) in [5.41, 5.74) is 5.13. The Morgan fingerprint density at radius 1 is 1.24 bits per heavy atom. The van der Waals surface area contributed by atoms with Crippen LogP contribution in [0, 0.1) is 5.92 Å². The third-order valence-electron chi connectivity index (χ3n) is 5.31. The molecule has 0 radical (unpaired) electrons. The summed E-state index contributed by atoms with van der Waals surface area (Å²) in [5, 5.41) is 0. The smallest absolute Gasteiger partial charge is 0.297 e. The molecule has 0 N–H and O–H groups in total. The van der Waals surface area contributed by atoms with Crippen LogP contribution in [0.5, 0.6) is 11.8 Å². The van der Waals surface area contributed by atoms with Gasteiger partial charge >= 0.3 is 0 Å². The highest BCUT2D eigenvalue weighted by Gasteiger charge is 2.26. The highest BCUT2D eigenvalue weighted by molar-refractivity contribution is 7.97. The third kappa shape index (κ3) is 3.88. The van der Waals surface area contributed by atoms with E-state index in [0.29, 0.717) is 24.3 Å². The first-order valence-electron chi connectivity index (χ1n) is 9.95. The van der Waals surface area contributed by atoms with Gasteiger partial charge in [0.15, 0.2) is 5.75 Å². The summed E-state index contributed by atoms with van der Waals surface area (Å²) in [7, 11) is 3.28. The first-order chi connectivity index (χ1) is 14.0. The highest BCUT2D eigenvalue weighted by atomic mass is 32.2. The quantitative estimate of drug-likeness (QED) is 0.557. The molecule has 0 saturated heterocycles. The van der Waals surface area contributed by atoms with Crippen LogP contribution in [0.2, 0.25) is 0 Å². The Balaban J connectivity index is 1.93. The summed E-state index contributed by atoms with van der Waals surface area (Å²) in [6.07, 6.45) is 6.49. The monoisotopic (exact) mass is 413 g/mol. The van der Waals surface area contributed by atoms with Crippen molar-refractivity contribution in [2.45, 2.75) is 32.1 Å². The standard InChI is InChI=1S/C22H27N3O3S/c1-5-28-22-23-20-17(13-29-4)8-15(9-18(20)25(22)11-14-6-7-14)16-10-19(27-3)21(26)24(2)12-16/h8-10,12,14H,5-7,11,13H2,1-4H3. The van der Waals surface area contributed by atoms with E-state index in [9.17, 15) is 4.79 Å². The van der Waals surface area contributed by atoms with E-state index in [0.717, 1.165) is 34.5 Å². The summed E-state index contributed by atoms with van der Waals surface area (Å²) < 4.78 is 15.0. The van der Waals surface area contributed by atoms with E-state index >= 15 is 0 Å². The van der Waals surface area contributed by atoms with Crippen LogP contribution in [0.15, 0.2) is 29.2 Å². The first kappa shape index (κ1) is 19.9. The van der Waals surface area contributed by atoms with E-state index in [4.69, 9.17) is 14.5 Å². The Morgan fingerprint density at radius 3 is 2.69 bits per heavy atom. The minimum absolute atomic E-state index is 0.140. The van der Waals surface area contributed by atoms with E-state index in [1.54, 1.807) is 23.4 Å². The van der Waals surface area contributed by atoms with Crippen LogP contribution in [0.3, 0.4) is 0 Å². The number of nitrogens with zero attached hydrogens (tertiary/aromatic N) is 3. The normalized spacial score (nSPS) is 13.8. The van der Waals surface area contributed by atoms with Crippen LogP contribution in [-0.2, 0) is 19.3 Å². The maximum atomic E-state index is 12.2. The molecule has 0 unspecified atom stereocenters. The van der Waals surface area contributed by atoms with E-state index in [1.165, 1.54) is 25.5 Å². The number of aromatic nitrogens is 3. The molecule has 1 aliphatic rings. The molecule has 4 rings (SSSR count). The summed E-state index contributed by atoms with van der Waals surface area (Å²) in [5.74, 6) is 1.91. The molecule has 0 aliphatic heterocycles. The Hall–Kier alpha value is -2.41. The fourth-order valence-electron chi connectivity index (χ4n) is 3.66. The number of rotatable bonds is 8. The molecule has 2 heterocycles. The molecule has 1 fully saturated rings. The van der Waals surface area contributed by atoms with Gasteiger partial charge in [0.1, 0.15) is 0 Å². The molecule has 0 amide bonds. The number of hydrogen-bond acceptors (Lipinski definition) is 5. The number of thioether (sulfide) groups is 1. The molecule has 2 aromatic heterocycles. The van der Waals surface area contributed by atoms with E-state index in [-0.39, 0.29) is 5.56 Å². The maximum absolute atomic E-state index is 12.2. The highest BCUT2D eigenvalue weighted by Crippen LogP contribution is 2.37. The van der Waals surface area contributed by atoms with Gasteiger partial charge in [0.2, 0.25) is 0 Å².